The van der Waals surface area contributed by atoms with E-state index in [1.165, 1.54) is 33.4 Å². The van der Waals surface area contributed by atoms with Crippen LogP contribution in [0.1, 0.15) is 78.3 Å². The molecule has 0 aliphatic carbocycles. The van der Waals surface area contributed by atoms with Crippen molar-refractivity contribution in [3.63, 3.8) is 0 Å². The molecular formula is C33H47NO7. The lowest BCUT2D eigenvalue weighted by Gasteiger charge is -2.23. The average molecular weight is 570 g/mol. The SMILES string of the molecule is Cc1ccc(CCCCCCNC(=O)C(OCCCCCc2ccc(C)c(C)c2)C(OCC(=O)O)C(=O)O)cc1C. The minimum atomic E-state index is -1.71. The molecule has 0 bridgehead atoms. The predicted molar refractivity (Wildman–Crippen MR) is 159 cm³/mol. The van der Waals surface area contributed by atoms with Gasteiger partial charge in [-0.15, -0.1) is 0 Å². The summed E-state index contributed by atoms with van der Waals surface area (Å²) in [7, 11) is 0. The first-order valence-corrected chi connectivity index (χ1v) is 14.7. The second-order valence-electron chi connectivity index (χ2n) is 10.9. The van der Waals surface area contributed by atoms with Crippen LogP contribution in [0.15, 0.2) is 36.4 Å². The normalized spacial score (nSPS) is 12.6. The minimum absolute atomic E-state index is 0.170. The van der Waals surface area contributed by atoms with Gasteiger partial charge in [-0.3, -0.25) is 4.79 Å². The second-order valence-corrected chi connectivity index (χ2v) is 10.9. The summed E-state index contributed by atoms with van der Waals surface area (Å²) in [5, 5.41) is 21.3. The molecule has 1 amide bonds. The summed E-state index contributed by atoms with van der Waals surface area (Å²) >= 11 is 0. The molecule has 2 aromatic rings. The first-order valence-electron chi connectivity index (χ1n) is 14.7. The maximum absolute atomic E-state index is 12.9. The van der Waals surface area contributed by atoms with E-state index in [0.717, 1.165) is 51.4 Å². The van der Waals surface area contributed by atoms with Crippen molar-refractivity contribution in [3.05, 3.63) is 69.8 Å². The molecule has 2 unspecified atom stereocenters. The number of carboxylic acid groups (broad SMARTS) is 2. The van der Waals surface area contributed by atoms with Crippen LogP contribution in [0.3, 0.4) is 0 Å². The molecule has 0 aromatic heterocycles. The van der Waals surface area contributed by atoms with Crippen molar-refractivity contribution >= 4 is 17.8 Å². The van der Waals surface area contributed by atoms with E-state index in [4.69, 9.17) is 14.6 Å². The second kappa shape index (κ2) is 18.3. The van der Waals surface area contributed by atoms with E-state index in [-0.39, 0.29) is 6.61 Å². The third-order valence-electron chi connectivity index (χ3n) is 7.40. The number of unbranched alkanes of at least 4 members (excludes halogenated alkanes) is 5. The number of carbonyl (C=O) groups excluding carboxylic acids is 1. The molecule has 0 aliphatic heterocycles. The van der Waals surface area contributed by atoms with Gasteiger partial charge in [0.15, 0.2) is 12.2 Å². The Balaban J connectivity index is 1.77. The Morgan fingerprint density at radius 2 is 1.22 bits per heavy atom. The Bertz CT molecular complexity index is 1130. The summed E-state index contributed by atoms with van der Waals surface area (Å²) in [6, 6.07) is 13.0. The molecule has 3 N–H and O–H groups in total. The number of ether oxygens (including phenoxy) is 2. The molecule has 0 aliphatic rings. The molecule has 2 atom stereocenters. The van der Waals surface area contributed by atoms with Gasteiger partial charge in [-0.25, -0.2) is 9.59 Å². The fourth-order valence-electron chi connectivity index (χ4n) is 4.61. The van der Waals surface area contributed by atoms with Gasteiger partial charge in [0.1, 0.15) is 6.61 Å². The monoisotopic (exact) mass is 569 g/mol. The molecule has 2 rings (SSSR count). The maximum atomic E-state index is 12.9. The number of carboxylic acids is 2. The van der Waals surface area contributed by atoms with Crippen molar-refractivity contribution < 1.29 is 34.1 Å². The van der Waals surface area contributed by atoms with E-state index in [9.17, 15) is 19.5 Å². The number of aliphatic carboxylic acids is 2. The molecule has 0 spiro atoms. The third kappa shape index (κ3) is 12.9. The van der Waals surface area contributed by atoms with Gasteiger partial charge in [-0.05, 0) is 99.6 Å². The average Bonchev–Trinajstić information content (AvgIpc) is 2.92. The van der Waals surface area contributed by atoms with Gasteiger partial charge in [0.25, 0.3) is 5.91 Å². The van der Waals surface area contributed by atoms with Crippen molar-refractivity contribution in [2.45, 2.75) is 97.7 Å². The highest BCUT2D eigenvalue weighted by atomic mass is 16.6. The molecule has 0 fully saturated rings. The van der Waals surface area contributed by atoms with Crippen LogP contribution >= 0.6 is 0 Å². The third-order valence-corrected chi connectivity index (χ3v) is 7.40. The number of nitrogens with one attached hydrogen (secondary N) is 1. The quantitative estimate of drug-likeness (QED) is 0.180. The predicted octanol–water partition coefficient (Wildman–Crippen LogP) is 5.49. The van der Waals surface area contributed by atoms with E-state index in [2.05, 4.69) is 69.4 Å². The highest BCUT2D eigenvalue weighted by molar-refractivity contribution is 5.88. The Hall–Kier alpha value is -3.23. The number of rotatable bonds is 20. The Kier molecular flexibility index (Phi) is 15.1. The van der Waals surface area contributed by atoms with Crippen LogP contribution in [0.4, 0.5) is 0 Å². The van der Waals surface area contributed by atoms with Crippen molar-refractivity contribution in [2.24, 2.45) is 0 Å². The van der Waals surface area contributed by atoms with Gasteiger partial charge >= 0.3 is 11.9 Å². The lowest BCUT2D eigenvalue weighted by molar-refractivity contribution is -0.172. The maximum Gasteiger partial charge on any atom is 0.336 e. The van der Waals surface area contributed by atoms with E-state index in [1.54, 1.807) is 0 Å². The molecule has 0 heterocycles. The number of amides is 1. The molecule has 0 saturated heterocycles. The number of hydrogen-bond donors (Lipinski definition) is 3. The van der Waals surface area contributed by atoms with Gasteiger partial charge < -0.3 is 25.0 Å². The van der Waals surface area contributed by atoms with Crippen molar-refractivity contribution in [2.75, 3.05) is 19.8 Å². The lowest BCUT2D eigenvalue weighted by Crippen LogP contribution is -2.49. The summed E-state index contributed by atoms with van der Waals surface area (Å²) in [5.41, 5.74) is 7.71. The van der Waals surface area contributed by atoms with Crippen LogP contribution < -0.4 is 5.32 Å². The first-order chi connectivity index (χ1) is 19.6. The highest BCUT2D eigenvalue weighted by Crippen LogP contribution is 2.15. The number of benzene rings is 2. The molecule has 8 nitrogen and oxygen atoms in total. The zero-order valence-electron chi connectivity index (χ0n) is 25.0. The van der Waals surface area contributed by atoms with Crippen LogP contribution in [0, 0.1) is 27.7 Å². The fraction of sp³-hybridized carbons (Fsp3) is 0.545. The number of aryl methyl sites for hydroxylation is 6. The summed E-state index contributed by atoms with van der Waals surface area (Å²) in [4.78, 5) is 35.7. The lowest BCUT2D eigenvalue weighted by atomic mass is 10.0. The standard InChI is InChI=1S/C33H47NO7/c1-23-14-16-27(20-25(23)3)12-8-5-6-10-18-34-32(37)30(31(33(38)39)41-22-29(35)36)40-19-11-7-9-13-28-17-15-24(2)26(4)21-28/h14-17,20-21,30-31H,5-13,18-19,22H2,1-4H3,(H,34,37)(H,35,36)(H,38,39). The van der Waals surface area contributed by atoms with E-state index in [0.29, 0.717) is 13.0 Å². The van der Waals surface area contributed by atoms with E-state index in [1.807, 2.05) is 0 Å². The summed E-state index contributed by atoms with van der Waals surface area (Å²) in [6.07, 6.45) is 4.95. The molecular weight excluding hydrogens is 522 g/mol. The van der Waals surface area contributed by atoms with E-state index >= 15 is 0 Å². The van der Waals surface area contributed by atoms with Crippen LogP contribution in [0.2, 0.25) is 0 Å². The van der Waals surface area contributed by atoms with Gasteiger partial charge in [-0.1, -0.05) is 55.7 Å². The molecule has 0 radical (unpaired) electrons. The van der Waals surface area contributed by atoms with Crippen LogP contribution in [0.5, 0.6) is 0 Å². The molecule has 2 aromatic carbocycles. The molecule has 8 heteroatoms. The highest BCUT2D eigenvalue weighted by Gasteiger charge is 2.36. The van der Waals surface area contributed by atoms with E-state index < -0.39 is 36.7 Å². The van der Waals surface area contributed by atoms with Crippen LogP contribution in [0.25, 0.3) is 0 Å². The smallest absolute Gasteiger partial charge is 0.336 e. The summed E-state index contributed by atoms with van der Waals surface area (Å²) < 4.78 is 10.7. The zero-order valence-corrected chi connectivity index (χ0v) is 25.0. The molecule has 226 valence electrons. The fourth-order valence-corrected chi connectivity index (χ4v) is 4.61. The number of hydrogen-bond acceptors (Lipinski definition) is 5. The van der Waals surface area contributed by atoms with Crippen molar-refractivity contribution in [1.29, 1.82) is 0 Å². The van der Waals surface area contributed by atoms with Crippen LogP contribution in [-0.2, 0) is 36.7 Å². The van der Waals surface area contributed by atoms with Gasteiger partial charge in [0.2, 0.25) is 0 Å². The first kappa shape index (κ1) is 34.0. The topological polar surface area (TPSA) is 122 Å². The van der Waals surface area contributed by atoms with Gasteiger partial charge in [0, 0.05) is 13.2 Å². The van der Waals surface area contributed by atoms with Crippen molar-refractivity contribution in [1.82, 2.24) is 5.32 Å². The number of carbonyl (C=O) groups is 3. The molecule has 0 saturated carbocycles. The summed E-state index contributed by atoms with van der Waals surface area (Å²) in [6.45, 7) is 8.12. The molecule has 41 heavy (non-hydrogen) atoms. The Morgan fingerprint density at radius 3 is 1.73 bits per heavy atom. The minimum Gasteiger partial charge on any atom is -0.480 e. The zero-order chi connectivity index (χ0) is 30.2. The van der Waals surface area contributed by atoms with Gasteiger partial charge in [0.05, 0.1) is 0 Å². The van der Waals surface area contributed by atoms with Gasteiger partial charge in [-0.2, -0.15) is 0 Å². The largest absolute Gasteiger partial charge is 0.480 e. The Labute approximate surface area is 244 Å². The summed E-state index contributed by atoms with van der Waals surface area (Å²) in [5.74, 6) is -3.36. The van der Waals surface area contributed by atoms with Crippen molar-refractivity contribution in [3.8, 4) is 0 Å². The Morgan fingerprint density at radius 1 is 0.683 bits per heavy atom. The van der Waals surface area contributed by atoms with Crippen LogP contribution in [-0.4, -0.2) is 60.0 Å².